The van der Waals surface area contributed by atoms with Crippen LogP contribution in [0.5, 0.6) is 0 Å². The van der Waals surface area contributed by atoms with Crippen molar-refractivity contribution in [2.45, 2.75) is 98.4 Å². The number of hydrogen-bond donors (Lipinski definition) is 0. The second-order valence-corrected chi connectivity index (χ2v) is 9.30. The molecule has 1 aliphatic carbocycles. The second-order valence-electron chi connectivity index (χ2n) is 9.30. The maximum atomic E-state index is 12.8. The van der Waals surface area contributed by atoms with Gasteiger partial charge in [0.25, 0.3) is 0 Å². The molecule has 0 aromatic rings. The van der Waals surface area contributed by atoms with Gasteiger partial charge in [0.05, 0.1) is 30.8 Å². The predicted octanol–water partition coefficient (Wildman–Crippen LogP) is 4.74. The monoisotopic (exact) mass is 354 g/mol. The van der Waals surface area contributed by atoms with Gasteiger partial charge in [-0.25, -0.2) is 0 Å². The first kappa shape index (κ1) is 20.7. The summed E-state index contributed by atoms with van der Waals surface area (Å²) in [7, 11) is 0. The van der Waals surface area contributed by atoms with E-state index in [9.17, 15) is 4.79 Å². The molecule has 0 aromatic carbocycles. The van der Waals surface area contributed by atoms with E-state index in [-0.39, 0.29) is 28.8 Å². The Balaban J connectivity index is 1.77. The van der Waals surface area contributed by atoms with Gasteiger partial charge in [-0.05, 0) is 30.1 Å². The molecule has 4 nitrogen and oxygen atoms in total. The van der Waals surface area contributed by atoms with Gasteiger partial charge in [0.15, 0.2) is 0 Å². The third-order valence-corrected chi connectivity index (χ3v) is 6.49. The average molecular weight is 355 g/mol. The van der Waals surface area contributed by atoms with Crippen molar-refractivity contribution in [2.24, 2.45) is 16.7 Å². The van der Waals surface area contributed by atoms with E-state index < -0.39 is 0 Å². The SMILES string of the molecule is CCC(C)(C)CC(C(=O)OCCOC1CCC2OC2C1)C(C)(C)CC. The maximum absolute atomic E-state index is 12.8. The number of fused-ring (bicyclic) bond motifs is 1. The van der Waals surface area contributed by atoms with E-state index in [1.54, 1.807) is 0 Å². The molecule has 0 radical (unpaired) electrons. The largest absolute Gasteiger partial charge is 0.463 e. The van der Waals surface area contributed by atoms with Crippen molar-refractivity contribution in [3.63, 3.8) is 0 Å². The van der Waals surface area contributed by atoms with Gasteiger partial charge in [0, 0.05) is 6.42 Å². The lowest BCUT2D eigenvalue weighted by Crippen LogP contribution is -2.36. The lowest BCUT2D eigenvalue weighted by Gasteiger charge is -2.37. The molecule has 1 heterocycles. The molecule has 4 atom stereocenters. The first-order valence-electron chi connectivity index (χ1n) is 10.1. The van der Waals surface area contributed by atoms with Crippen LogP contribution in [0.25, 0.3) is 0 Å². The summed E-state index contributed by atoms with van der Waals surface area (Å²) in [6.45, 7) is 14.0. The summed E-state index contributed by atoms with van der Waals surface area (Å²) in [5.74, 6) is -0.131. The summed E-state index contributed by atoms with van der Waals surface area (Å²) < 4.78 is 17.0. The van der Waals surface area contributed by atoms with E-state index in [1.165, 1.54) is 0 Å². The van der Waals surface area contributed by atoms with Crippen LogP contribution in [0, 0.1) is 16.7 Å². The van der Waals surface area contributed by atoms with E-state index in [4.69, 9.17) is 14.2 Å². The van der Waals surface area contributed by atoms with Crippen molar-refractivity contribution in [1.29, 1.82) is 0 Å². The fourth-order valence-corrected chi connectivity index (χ4v) is 3.60. The Morgan fingerprint density at radius 3 is 2.40 bits per heavy atom. The van der Waals surface area contributed by atoms with Crippen LogP contribution in [0.3, 0.4) is 0 Å². The zero-order valence-corrected chi connectivity index (χ0v) is 17.1. The minimum Gasteiger partial charge on any atom is -0.463 e. The molecule has 2 aliphatic rings. The molecule has 0 aromatic heterocycles. The van der Waals surface area contributed by atoms with Crippen LogP contribution in [0.4, 0.5) is 0 Å². The predicted molar refractivity (Wildman–Crippen MR) is 99.5 cm³/mol. The van der Waals surface area contributed by atoms with Gasteiger partial charge < -0.3 is 14.2 Å². The van der Waals surface area contributed by atoms with E-state index >= 15 is 0 Å². The summed E-state index contributed by atoms with van der Waals surface area (Å²) in [6, 6.07) is 0. The van der Waals surface area contributed by atoms with Gasteiger partial charge in [-0.2, -0.15) is 0 Å². The highest BCUT2D eigenvalue weighted by Crippen LogP contribution is 2.41. The fourth-order valence-electron chi connectivity index (χ4n) is 3.60. The number of rotatable bonds is 10. The molecule has 25 heavy (non-hydrogen) atoms. The number of esters is 1. The molecule has 1 saturated heterocycles. The van der Waals surface area contributed by atoms with Crippen molar-refractivity contribution in [1.82, 2.24) is 0 Å². The highest BCUT2D eigenvalue weighted by Gasteiger charge is 2.44. The summed E-state index contributed by atoms with van der Waals surface area (Å²) in [5, 5.41) is 0. The van der Waals surface area contributed by atoms with Gasteiger partial charge in [0.1, 0.15) is 6.61 Å². The van der Waals surface area contributed by atoms with E-state index in [1.807, 2.05) is 0 Å². The average Bonchev–Trinajstić information content (AvgIpc) is 3.35. The molecule has 0 spiro atoms. The van der Waals surface area contributed by atoms with Gasteiger partial charge >= 0.3 is 5.97 Å². The normalized spacial score (nSPS) is 27.5. The van der Waals surface area contributed by atoms with Gasteiger partial charge in [0.2, 0.25) is 0 Å². The molecule has 4 heteroatoms. The van der Waals surface area contributed by atoms with Crippen molar-refractivity contribution < 1.29 is 19.0 Å². The standard InChI is InChI=1S/C21H38O4/c1-7-20(3,4)14-16(21(5,6)8-2)19(22)24-12-11-23-15-9-10-17-18(13-15)25-17/h15-18H,7-14H2,1-6H3. The number of hydrogen-bond acceptors (Lipinski definition) is 4. The van der Waals surface area contributed by atoms with Crippen molar-refractivity contribution >= 4 is 5.97 Å². The fraction of sp³-hybridized carbons (Fsp3) is 0.952. The molecule has 0 amide bonds. The molecule has 1 aliphatic heterocycles. The highest BCUT2D eigenvalue weighted by molar-refractivity contribution is 5.73. The number of ether oxygens (including phenoxy) is 3. The highest BCUT2D eigenvalue weighted by atomic mass is 16.6. The van der Waals surface area contributed by atoms with Crippen LogP contribution in [0.1, 0.15) is 80.1 Å². The zero-order valence-electron chi connectivity index (χ0n) is 17.1. The van der Waals surface area contributed by atoms with E-state index in [0.29, 0.717) is 25.4 Å². The zero-order chi connectivity index (χ0) is 18.7. The van der Waals surface area contributed by atoms with Crippen LogP contribution < -0.4 is 0 Å². The van der Waals surface area contributed by atoms with E-state index in [0.717, 1.165) is 38.5 Å². The second kappa shape index (κ2) is 8.39. The molecule has 2 fully saturated rings. The van der Waals surface area contributed by atoms with Crippen LogP contribution in [0.15, 0.2) is 0 Å². The molecule has 2 rings (SSSR count). The molecule has 146 valence electrons. The van der Waals surface area contributed by atoms with Gasteiger partial charge in [-0.15, -0.1) is 0 Å². The molecule has 0 N–H and O–H groups in total. The minimum atomic E-state index is -0.0669. The Morgan fingerprint density at radius 2 is 1.80 bits per heavy atom. The summed E-state index contributed by atoms with van der Waals surface area (Å²) in [5.41, 5.74) is 0.0988. The first-order valence-corrected chi connectivity index (χ1v) is 10.1. The van der Waals surface area contributed by atoms with Crippen LogP contribution >= 0.6 is 0 Å². The topological polar surface area (TPSA) is 48.1 Å². The quantitative estimate of drug-likeness (QED) is 0.323. The Bertz CT molecular complexity index is 443. The Hall–Kier alpha value is -0.610. The smallest absolute Gasteiger partial charge is 0.309 e. The molecular weight excluding hydrogens is 316 g/mol. The third kappa shape index (κ3) is 5.96. The van der Waals surface area contributed by atoms with Crippen LogP contribution in [0.2, 0.25) is 0 Å². The lowest BCUT2D eigenvalue weighted by atomic mass is 9.68. The Labute approximate surface area is 154 Å². The molecular formula is C21H38O4. The number of carbonyl (C=O) groups is 1. The molecule has 0 bridgehead atoms. The lowest BCUT2D eigenvalue weighted by molar-refractivity contribution is -0.157. The van der Waals surface area contributed by atoms with Crippen molar-refractivity contribution in [3.05, 3.63) is 0 Å². The summed E-state index contributed by atoms with van der Waals surface area (Å²) in [6.07, 6.45) is 7.24. The van der Waals surface area contributed by atoms with Crippen molar-refractivity contribution in [3.8, 4) is 0 Å². The summed E-state index contributed by atoms with van der Waals surface area (Å²) in [4.78, 5) is 12.8. The number of epoxide rings is 1. The number of carbonyl (C=O) groups excluding carboxylic acids is 1. The molecule has 1 saturated carbocycles. The minimum absolute atomic E-state index is 0.0495. The Kier molecular flexibility index (Phi) is 6.94. The van der Waals surface area contributed by atoms with Gasteiger partial charge in [-0.1, -0.05) is 54.4 Å². The Morgan fingerprint density at radius 1 is 1.08 bits per heavy atom. The van der Waals surface area contributed by atoms with Crippen LogP contribution in [-0.2, 0) is 19.0 Å². The maximum Gasteiger partial charge on any atom is 0.309 e. The van der Waals surface area contributed by atoms with Gasteiger partial charge in [-0.3, -0.25) is 4.79 Å². The summed E-state index contributed by atoms with van der Waals surface area (Å²) >= 11 is 0. The van der Waals surface area contributed by atoms with Crippen molar-refractivity contribution in [2.75, 3.05) is 13.2 Å². The van der Waals surface area contributed by atoms with E-state index in [2.05, 4.69) is 41.5 Å². The molecule has 4 unspecified atom stereocenters. The first-order chi connectivity index (χ1) is 11.7. The third-order valence-electron chi connectivity index (χ3n) is 6.49. The van der Waals surface area contributed by atoms with Crippen LogP contribution in [-0.4, -0.2) is 37.5 Å².